The Balaban J connectivity index is 1.24. The zero-order chi connectivity index (χ0) is 24.8. The third kappa shape index (κ3) is 4.13. The highest BCUT2D eigenvalue weighted by molar-refractivity contribution is 5.94. The summed E-state index contributed by atoms with van der Waals surface area (Å²) in [6.07, 6.45) is 15.0. The number of imidazole rings is 1. The van der Waals surface area contributed by atoms with Crippen LogP contribution >= 0.6 is 0 Å². The number of aromatic nitrogens is 6. The van der Waals surface area contributed by atoms with Crippen LogP contribution in [0, 0.1) is 5.92 Å². The van der Waals surface area contributed by atoms with Gasteiger partial charge in [-0.1, -0.05) is 0 Å². The summed E-state index contributed by atoms with van der Waals surface area (Å²) in [5.74, 6) is 0.844. The van der Waals surface area contributed by atoms with Gasteiger partial charge in [0.25, 0.3) is 0 Å². The summed E-state index contributed by atoms with van der Waals surface area (Å²) in [6.45, 7) is 2.07. The number of H-pyrrole nitrogens is 2. The molecule has 0 aromatic carbocycles. The highest BCUT2D eigenvalue weighted by atomic mass is 16.2. The van der Waals surface area contributed by atoms with Crippen LogP contribution in [-0.4, -0.2) is 54.0 Å². The van der Waals surface area contributed by atoms with Gasteiger partial charge in [0.2, 0.25) is 5.91 Å². The Labute approximate surface area is 213 Å². The number of piperidine rings is 1. The van der Waals surface area contributed by atoms with Crippen LogP contribution < -0.4 is 5.32 Å². The second-order valence-electron chi connectivity index (χ2n) is 9.82. The van der Waals surface area contributed by atoms with Gasteiger partial charge in [0.15, 0.2) is 11.5 Å². The maximum Gasteiger partial charge on any atom is 0.227 e. The van der Waals surface area contributed by atoms with Gasteiger partial charge in [0.1, 0.15) is 11.2 Å². The fourth-order valence-corrected chi connectivity index (χ4v) is 4.99. The second kappa shape index (κ2) is 8.87. The molecule has 3 N–H and O–H groups in total. The number of amides is 1. The normalized spacial score (nSPS) is 17.0. The Hall–Kier alpha value is -4.49. The zero-order valence-corrected chi connectivity index (χ0v) is 20.3. The molecule has 1 aliphatic heterocycles. The summed E-state index contributed by atoms with van der Waals surface area (Å²) in [5, 5.41) is 10.6. The molecule has 4 aromatic heterocycles. The van der Waals surface area contributed by atoms with Gasteiger partial charge in [-0.15, -0.1) is 5.73 Å². The smallest absolute Gasteiger partial charge is 0.227 e. The van der Waals surface area contributed by atoms with Crippen LogP contribution in [0.5, 0.6) is 0 Å². The number of aromatic amines is 2. The molecule has 2 fully saturated rings. The molecule has 0 bridgehead atoms. The number of pyridine rings is 2. The van der Waals surface area contributed by atoms with Crippen molar-refractivity contribution in [1.82, 2.24) is 35.0 Å². The van der Waals surface area contributed by atoms with E-state index in [1.165, 1.54) is 19.3 Å². The van der Waals surface area contributed by atoms with E-state index in [0.717, 1.165) is 65.3 Å². The number of nitrogens with zero attached hydrogens (tertiary/aromatic N) is 5. The van der Waals surface area contributed by atoms with Crippen LogP contribution in [-0.2, 0) is 4.79 Å². The van der Waals surface area contributed by atoms with E-state index in [1.807, 2.05) is 30.4 Å². The van der Waals surface area contributed by atoms with E-state index in [-0.39, 0.29) is 11.8 Å². The number of anilines is 1. The van der Waals surface area contributed by atoms with Crippen molar-refractivity contribution >= 4 is 34.4 Å². The topological polar surface area (TPSA) is 115 Å². The Morgan fingerprint density at radius 2 is 1.97 bits per heavy atom. The molecule has 184 valence electrons. The lowest BCUT2D eigenvalue weighted by Gasteiger charge is -2.30. The minimum Gasteiger partial charge on any atom is -0.370 e. The molecule has 0 radical (unpaired) electrons. The molecule has 1 saturated carbocycles. The summed E-state index contributed by atoms with van der Waals surface area (Å²) in [5.41, 5.74) is 10.6. The predicted molar refractivity (Wildman–Crippen MR) is 142 cm³/mol. The van der Waals surface area contributed by atoms with Gasteiger partial charge in [-0.2, -0.15) is 5.10 Å². The number of likely N-dealkylation sites (tertiary alicyclic amines) is 1. The average molecular weight is 491 g/mol. The maximum absolute atomic E-state index is 12.2. The molecular weight excluding hydrogens is 464 g/mol. The average Bonchev–Trinajstić information content (AvgIpc) is 3.63. The minimum absolute atomic E-state index is 0.0546. The van der Waals surface area contributed by atoms with Crippen molar-refractivity contribution in [2.24, 2.45) is 5.92 Å². The molecule has 1 saturated heterocycles. The van der Waals surface area contributed by atoms with Crippen LogP contribution in [0.4, 0.5) is 5.69 Å². The molecule has 0 atom stereocenters. The zero-order valence-electron chi connectivity index (χ0n) is 20.3. The molecule has 7 rings (SSSR count). The lowest BCUT2D eigenvalue weighted by atomic mass is 10.1. The fraction of sp³-hybridized carbons (Fsp3) is 0.286. The van der Waals surface area contributed by atoms with Crippen molar-refractivity contribution in [3.63, 3.8) is 0 Å². The number of allylic oxidation sites excluding steroid dienone is 2. The van der Waals surface area contributed by atoms with Crippen LogP contribution in [0.2, 0.25) is 0 Å². The van der Waals surface area contributed by atoms with E-state index in [1.54, 1.807) is 12.4 Å². The SMILES string of the molecule is O=C(Nc1cncc(-c2ccc3[nH]nc(-c4nc5c([nH]4)C=C=CC=C5N4CCCCC4)c3n2)c1)C1CC1. The Morgan fingerprint density at radius 3 is 2.84 bits per heavy atom. The Morgan fingerprint density at radius 1 is 1.08 bits per heavy atom. The summed E-state index contributed by atoms with van der Waals surface area (Å²) in [4.78, 5) is 32.3. The van der Waals surface area contributed by atoms with Gasteiger partial charge in [-0.3, -0.25) is 14.9 Å². The molecule has 0 spiro atoms. The molecule has 9 nitrogen and oxygen atoms in total. The van der Waals surface area contributed by atoms with Crippen LogP contribution in [0.3, 0.4) is 0 Å². The number of rotatable bonds is 5. The van der Waals surface area contributed by atoms with E-state index in [0.29, 0.717) is 17.2 Å². The standard InChI is InChI=1S/C28H26N8O/c37-28(17-8-9-17)30-19-14-18(15-29-16-19)20-10-11-22-25(31-20)26(35-34-22)27-32-21-6-2-3-7-23(24(21)33-27)36-12-4-1-5-13-36/h3,6-7,10-11,14-17H,1,4-5,8-9,12-13H2,(H,30,37)(H,32,33)(H,34,35). The van der Waals surface area contributed by atoms with E-state index in [4.69, 9.17) is 9.97 Å². The first kappa shape index (κ1) is 21.8. The van der Waals surface area contributed by atoms with Gasteiger partial charge in [-0.05, 0) is 62.5 Å². The summed E-state index contributed by atoms with van der Waals surface area (Å²) in [7, 11) is 0. The van der Waals surface area contributed by atoms with Crippen molar-refractivity contribution in [3.8, 4) is 22.8 Å². The third-order valence-electron chi connectivity index (χ3n) is 7.12. The van der Waals surface area contributed by atoms with Gasteiger partial charge < -0.3 is 15.2 Å². The quantitative estimate of drug-likeness (QED) is 0.347. The second-order valence-corrected chi connectivity index (χ2v) is 9.82. The van der Waals surface area contributed by atoms with E-state index in [9.17, 15) is 4.79 Å². The molecule has 0 unspecified atom stereocenters. The van der Waals surface area contributed by atoms with Gasteiger partial charge >= 0.3 is 0 Å². The molecule has 37 heavy (non-hydrogen) atoms. The summed E-state index contributed by atoms with van der Waals surface area (Å²) in [6, 6.07) is 5.79. The number of nitrogens with one attached hydrogen (secondary N) is 3. The molecule has 3 aliphatic rings. The van der Waals surface area contributed by atoms with Crippen molar-refractivity contribution in [1.29, 1.82) is 0 Å². The van der Waals surface area contributed by atoms with E-state index >= 15 is 0 Å². The van der Waals surface area contributed by atoms with Crippen LogP contribution in [0.1, 0.15) is 43.5 Å². The Bertz CT molecular complexity index is 1610. The summed E-state index contributed by atoms with van der Waals surface area (Å²) < 4.78 is 0. The first-order chi connectivity index (χ1) is 18.2. The highest BCUT2D eigenvalue weighted by Crippen LogP contribution is 2.33. The number of fused-ring (bicyclic) bond motifs is 2. The molecule has 4 aromatic rings. The molecule has 2 aliphatic carbocycles. The number of carbonyl (C=O) groups excluding carboxylic acids is 1. The number of carbonyl (C=O) groups is 1. The predicted octanol–water partition coefficient (Wildman–Crippen LogP) is 4.77. The minimum atomic E-state index is 0.0546. The lowest BCUT2D eigenvalue weighted by molar-refractivity contribution is -0.117. The molecule has 9 heteroatoms. The third-order valence-corrected chi connectivity index (χ3v) is 7.12. The van der Waals surface area contributed by atoms with Crippen molar-refractivity contribution in [3.05, 3.63) is 59.9 Å². The van der Waals surface area contributed by atoms with Crippen LogP contribution in [0.15, 0.2) is 48.5 Å². The van der Waals surface area contributed by atoms with Crippen molar-refractivity contribution < 1.29 is 4.79 Å². The maximum atomic E-state index is 12.2. The molecular formula is C28H26N8O. The molecule has 1 amide bonds. The number of hydrogen-bond donors (Lipinski definition) is 3. The largest absolute Gasteiger partial charge is 0.370 e. The monoisotopic (exact) mass is 490 g/mol. The van der Waals surface area contributed by atoms with Gasteiger partial charge in [0.05, 0.1) is 34.5 Å². The first-order valence-corrected chi connectivity index (χ1v) is 12.8. The fourth-order valence-electron chi connectivity index (χ4n) is 4.99. The first-order valence-electron chi connectivity index (χ1n) is 12.8. The van der Waals surface area contributed by atoms with Gasteiger partial charge in [0, 0.05) is 36.8 Å². The van der Waals surface area contributed by atoms with E-state index in [2.05, 4.69) is 42.2 Å². The highest BCUT2D eigenvalue weighted by Gasteiger charge is 2.29. The van der Waals surface area contributed by atoms with Gasteiger partial charge in [-0.25, -0.2) is 9.97 Å². The van der Waals surface area contributed by atoms with Crippen molar-refractivity contribution in [2.75, 3.05) is 18.4 Å². The van der Waals surface area contributed by atoms with Crippen LogP contribution in [0.25, 0.3) is 45.6 Å². The molecule has 5 heterocycles. The number of hydrogen-bond acceptors (Lipinski definition) is 6. The lowest BCUT2D eigenvalue weighted by Crippen LogP contribution is -2.28. The van der Waals surface area contributed by atoms with Crippen molar-refractivity contribution in [2.45, 2.75) is 32.1 Å². The Kier molecular flexibility index (Phi) is 5.22. The van der Waals surface area contributed by atoms with E-state index < -0.39 is 0 Å². The summed E-state index contributed by atoms with van der Waals surface area (Å²) >= 11 is 0.